The van der Waals surface area contributed by atoms with E-state index in [0.29, 0.717) is 10.2 Å². The van der Waals surface area contributed by atoms with E-state index in [-0.39, 0.29) is 5.15 Å². The third-order valence-electron chi connectivity index (χ3n) is 1.50. The molecule has 0 amide bonds. The predicted octanol–water partition coefficient (Wildman–Crippen LogP) is 2.00. The third-order valence-corrected chi connectivity index (χ3v) is 4.08. The highest BCUT2D eigenvalue weighted by atomic mass is 35.5. The van der Waals surface area contributed by atoms with Crippen LogP contribution in [-0.2, 0) is 10.2 Å². The quantitative estimate of drug-likeness (QED) is 0.575. The van der Waals surface area contributed by atoms with Crippen LogP contribution in [0.3, 0.4) is 0 Å². The van der Waals surface area contributed by atoms with E-state index >= 15 is 0 Å². The van der Waals surface area contributed by atoms with Crippen molar-refractivity contribution in [1.29, 1.82) is 0 Å². The molecule has 8 heteroatoms. The van der Waals surface area contributed by atoms with E-state index < -0.39 is 14.4 Å². The van der Waals surface area contributed by atoms with Crippen molar-refractivity contribution < 1.29 is 12.3 Å². The van der Waals surface area contributed by atoms with Crippen molar-refractivity contribution in [3.63, 3.8) is 0 Å². The summed E-state index contributed by atoms with van der Waals surface area (Å²) in [4.78, 5) is 7.76. The van der Waals surface area contributed by atoms with E-state index in [9.17, 15) is 12.3 Å². The van der Waals surface area contributed by atoms with Crippen LogP contribution < -0.4 is 0 Å². The van der Waals surface area contributed by atoms with Gasteiger partial charge in [0.1, 0.15) is 16.3 Å². The lowest BCUT2D eigenvalue weighted by Gasteiger charge is -1.87. The fourth-order valence-corrected chi connectivity index (χ4v) is 2.79. The molecule has 2 aromatic heterocycles. The Kier molecular flexibility index (Phi) is 2.17. The first-order valence-corrected chi connectivity index (χ1v) is 5.91. The van der Waals surface area contributed by atoms with Crippen LogP contribution in [0.25, 0.3) is 10.2 Å². The van der Waals surface area contributed by atoms with Crippen LogP contribution in [0.15, 0.2) is 16.6 Å². The number of hydrogen-bond donors (Lipinski definition) is 0. The van der Waals surface area contributed by atoms with Crippen LogP contribution in [0, 0.1) is 0 Å². The van der Waals surface area contributed by atoms with E-state index in [1.807, 2.05) is 0 Å². The molecule has 0 N–H and O–H groups in total. The summed E-state index contributed by atoms with van der Waals surface area (Å²) in [5.41, 5.74) is 0. The topological polar surface area (TPSA) is 59.9 Å². The SMILES string of the molecule is O=S(=O)(F)c1cc2c(Cl)ncnc2s1. The Hall–Kier alpha value is -0.790. The molecule has 0 aromatic carbocycles. The normalized spacial score (nSPS) is 12.1. The average molecular weight is 253 g/mol. The van der Waals surface area contributed by atoms with Gasteiger partial charge in [0.2, 0.25) is 0 Å². The molecule has 0 unspecified atom stereocenters. The summed E-state index contributed by atoms with van der Waals surface area (Å²) < 4.78 is 33.3. The molecule has 2 heterocycles. The minimum Gasteiger partial charge on any atom is -0.225 e. The van der Waals surface area contributed by atoms with Gasteiger partial charge in [-0.25, -0.2) is 9.97 Å². The lowest BCUT2D eigenvalue weighted by atomic mass is 10.4. The van der Waals surface area contributed by atoms with Gasteiger partial charge in [0.05, 0.1) is 5.39 Å². The molecule has 74 valence electrons. The molecule has 0 fully saturated rings. The number of fused-ring (bicyclic) bond motifs is 1. The Morgan fingerprint density at radius 1 is 1.43 bits per heavy atom. The van der Waals surface area contributed by atoms with Gasteiger partial charge in [0.15, 0.2) is 4.21 Å². The van der Waals surface area contributed by atoms with Gasteiger partial charge in [-0.2, -0.15) is 8.42 Å². The average Bonchev–Trinajstić information content (AvgIpc) is 2.48. The van der Waals surface area contributed by atoms with E-state index in [2.05, 4.69) is 9.97 Å². The first-order valence-electron chi connectivity index (χ1n) is 3.33. The molecule has 0 saturated carbocycles. The van der Waals surface area contributed by atoms with Crippen molar-refractivity contribution in [2.24, 2.45) is 0 Å². The highest BCUT2D eigenvalue weighted by molar-refractivity contribution is 7.88. The second-order valence-electron chi connectivity index (χ2n) is 2.39. The Bertz CT molecular complexity index is 595. The van der Waals surface area contributed by atoms with Crippen LogP contribution in [0.5, 0.6) is 0 Å². The summed E-state index contributed by atoms with van der Waals surface area (Å²) >= 11 is 6.38. The van der Waals surface area contributed by atoms with Crippen molar-refractivity contribution in [3.05, 3.63) is 17.5 Å². The van der Waals surface area contributed by atoms with Gasteiger partial charge in [0.25, 0.3) is 0 Å². The van der Waals surface area contributed by atoms with E-state index in [1.165, 1.54) is 6.33 Å². The van der Waals surface area contributed by atoms with Gasteiger partial charge in [-0.3, -0.25) is 0 Å². The summed E-state index contributed by atoms with van der Waals surface area (Å²) in [5, 5.41) is 0.455. The molecule has 2 rings (SSSR count). The summed E-state index contributed by atoms with van der Waals surface area (Å²) in [7, 11) is -4.69. The molecule has 0 saturated heterocycles. The van der Waals surface area contributed by atoms with Crippen molar-refractivity contribution >= 4 is 43.4 Å². The molecule has 0 aliphatic rings. The maximum atomic E-state index is 12.6. The number of rotatable bonds is 1. The van der Waals surface area contributed by atoms with Crippen LogP contribution in [0.2, 0.25) is 5.15 Å². The molecule has 0 bridgehead atoms. The zero-order valence-corrected chi connectivity index (χ0v) is 8.83. The Labute approximate surface area is 87.6 Å². The summed E-state index contributed by atoms with van der Waals surface area (Å²) in [6.07, 6.45) is 1.19. The first kappa shape index (κ1) is 9.75. The van der Waals surface area contributed by atoms with Gasteiger partial charge in [-0.15, -0.1) is 11.3 Å². The molecule has 14 heavy (non-hydrogen) atoms. The second kappa shape index (κ2) is 3.11. The minimum atomic E-state index is -4.69. The summed E-state index contributed by atoms with van der Waals surface area (Å²) in [6, 6.07) is 1.12. The number of nitrogens with zero attached hydrogens (tertiary/aromatic N) is 2. The lowest BCUT2D eigenvalue weighted by Crippen LogP contribution is -1.85. The van der Waals surface area contributed by atoms with Gasteiger partial charge >= 0.3 is 10.2 Å². The van der Waals surface area contributed by atoms with Crippen LogP contribution in [0.4, 0.5) is 3.89 Å². The predicted molar refractivity (Wildman–Crippen MR) is 50.7 cm³/mol. The molecule has 2 aromatic rings. The lowest BCUT2D eigenvalue weighted by molar-refractivity contribution is 0.554. The van der Waals surface area contributed by atoms with E-state index in [4.69, 9.17) is 11.6 Å². The minimum absolute atomic E-state index is 0.112. The maximum absolute atomic E-state index is 12.6. The molecular weight excluding hydrogens is 251 g/mol. The number of aromatic nitrogens is 2. The highest BCUT2D eigenvalue weighted by Crippen LogP contribution is 2.31. The standard InChI is InChI=1S/C6H2ClFN2O2S2/c7-5-3-1-4(14(8,11)12)13-6(3)10-2-9-5/h1-2H. The van der Waals surface area contributed by atoms with Gasteiger partial charge in [-0.1, -0.05) is 15.5 Å². The maximum Gasteiger partial charge on any atom is 0.341 e. The zero-order valence-electron chi connectivity index (χ0n) is 6.44. The fourth-order valence-electron chi connectivity index (χ4n) is 0.925. The van der Waals surface area contributed by atoms with Gasteiger partial charge < -0.3 is 0 Å². The molecule has 0 aliphatic heterocycles. The van der Waals surface area contributed by atoms with Crippen molar-refractivity contribution in [2.75, 3.05) is 0 Å². The Balaban J connectivity index is 2.81. The number of halogens is 2. The van der Waals surface area contributed by atoms with Crippen LogP contribution in [-0.4, -0.2) is 18.4 Å². The number of hydrogen-bond acceptors (Lipinski definition) is 5. The van der Waals surface area contributed by atoms with Crippen molar-refractivity contribution in [3.8, 4) is 0 Å². The van der Waals surface area contributed by atoms with Gasteiger partial charge in [-0.05, 0) is 6.07 Å². The van der Waals surface area contributed by atoms with E-state index in [1.54, 1.807) is 0 Å². The Morgan fingerprint density at radius 3 is 2.71 bits per heavy atom. The summed E-state index contributed by atoms with van der Waals surface area (Å²) in [5.74, 6) is 0. The van der Waals surface area contributed by atoms with E-state index in [0.717, 1.165) is 17.4 Å². The van der Waals surface area contributed by atoms with Crippen molar-refractivity contribution in [2.45, 2.75) is 4.21 Å². The number of thiophene rings is 1. The fraction of sp³-hybridized carbons (Fsp3) is 0. The molecule has 4 nitrogen and oxygen atoms in total. The zero-order chi connectivity index (χ0) is 10.3. The second-order valence-corrected chi connectivity index (χ2v) is 5.35. The molecular formula is C6H2ClFN2O2S2. The van der Waals surface area contributed by atoms with Crippen LogP contribution >= 0.6 is 22.9 Å². The monoisotopic (exact) mass is 252 g/mol. The van der Waals surface area contributed by atoms with Crippen LogP contribution in [0.1, 0.15) is 0 Å². The Morgan fingerprint density at radius 2 is 2.14 bits per heavy atom. The smallest absolute Gasteiger partial charge is 0.225 e. The molecule has 0 atom stereocenters. The van der Waals surface area contributed by atoms with Crippen molar-refractivity contribution in [1.82, 2.24) is 9.97 Å². The van der Waals surface area contributed by atoms with Gasteiger partial charge in [0, 0.05) is 0 Å². The summed E-state index contributed by atoms with van der Waals surface area (Å²) in [6.45, 7) is 0. The first-order chi connectivity index (χ1) is 6.48. The molecule has 0 spiro atoms. The largest absolute Gasteiger partial charge is 0.341 e. The third kappa shape index (κ3) is 1.58. The molecule has 0 aliphatic carbocycles. The highest BCUT2D eigenvalue weighted by Gasteiger charge is 2.17. The molecule has 0 radical (unpaired) electrons.